The summed E-state index contributed by atoms with van der Waals surface area (Å²) in [5.41, 5.74) is 1.03. The van der Waals surface area contributed by atoms with E-state index in [1.807, 2.05) is 36.2 Å². The van der Waals surface area contributed by atoms with E-state index in [0.29, 0.717) is 17.5 Å². The van der Waals surface area contributed by atoms with E-state index in [-0.39, 0.29) is 18.3 Å². The van der Waals surface area contributed by atoms with Crippen molar-refractivity contribution in [1.29, 1.82) is 0 Å². The highest BCUT2D eigenvalue weighted by atomic mass is 35.5. The molecule has 0 radical (unpaired) electrons. The molecule has 5 heteroatoms. The van der Waals surface area contributed by atoms with Crippen molar-refractivity contribution in [2.24, 2.45) is 0 Å². The van der Waals surface area contributed by atoms with Crippen LogP contribution in [0.4, 0.5) is 0 Å². The first-order valence-electron chi connectivity index (χ1n) is 6.38. The molecule has 106 valence electrons. The predicted molar refractivity (Wildman–Crippen MR) is 81.1 cm³/mol. The topological polar surface area (TPSA) is 32.3 Å². The maximum absolute atomic E-state index is 12.1. The lowest BCUT2D eigenvalue weighted by atomic mass is 10.0. The molecular weight excluding hydrogens is 283 g/mol. The summed E-state index contributed by atoms with van der Waals surface area (Å²) in [6.45, 7) is 1.72. The van der Waals surface area contributed by atoms with Crippen LogP contribution in [0.25, 0.3) is 0 Å². The number of benzene rings is 1. The average molecular weight is 303 g/mol. The number of halogens is 2. The summed E-state index contributed by atoms with van der Waals surface area (Å²) in [6, 6.07) is 8.06. The van der Waals surface area contributed by atoms with Crippen molar-refractivity contribution < 1.29 is 4.79 Å². The lowest BCUT2D eigenvalue weighted by molar-refractivity contribution is -0.131. The highest BCUT2D eigenvalue weighted by Crippen LogP contribution is 2.14. The summed E-state index contributed by atoms with van der Waals surface area (Å²) in [5, 5.41) is 3.98. The summed E-state index contributed by atoms with van der Waals surface area (Å²) in [7, 11) is 1.98. The van der Waals surface area contributed by atoms with E-state index in [9.17, 15) is 4.79 Å². The maximum atomic E-state index is 12.1. The number of rotatable bonds is 3. The molecule has 0 aliphatic carbocycles. The van der Waals surface area contributed by atoms with E-state index in [0.717, 1.165) is 31.5 Å². The summed E-state index contributed by atoms with van der Waals surface area (Å²) < 4.78 is 0. The van der Waals surface area contributed by atoms with Gasteiger partial charge in [-0.05, 0) is 37.6 Å². The molecule has 1 N–H and O–H groups in total. The van der Waals surface area contributed by atoms with Crippen molar-refractivity contribution in [1.82, 2.24) is 10.2 Å². The fraction of sp³-hybridized carbons (Fsp3) is 0.500. The van der Waals surface area contributed by atoms with Gasteiger partial charge in [-0.15, -0.1) is 12.4 Å². The Morgan fingerprint density at radius 1 is 1.32 bits per heavy atom. The van der Waals surface area contributed by atoms with Gasteiger partial charge in [-0.2, -0.15) is 0 Å². The fourth-order valence-electron chi connectivity index (χ4n) is 2.31. The third-order valence-corrected chi connectivity index (χ3v) is 3.78. The number of likely N-dealkylation sites (tertiary alicyclic amines) is 1. The number of hydrogen-bond donors (Lipinski definition) is 1. The lowest BCUT2D eigenvalue weighted by Gasteiger charge is -2.31. The summed E-state index contributed by atoms with van der Waals surface area (Å²) in [5.74, 6) is 0.215. The number of nitrogens with zero attached hydrogens (tertiary/aromatic N) is 1. The molecule has 0 saturated carbocycles. The highest BCUT2D eigenvalue weighted by Gasteiger charge is 2.21. The molecule has 0 aromatic heterocycles. The van der Waals surface area contributed by atoms with Crippen LogP contribution >= 0.6 is 24.0 Å². The van der Waals surface area contributed by atoms with Crippen molar-refractivity contribution in [3.63, 3.8) is 0 Å². The highest BCUT2D eigenvalue weighted by molar-refractivity contribution is 6.30. The zero-order chi connectivity index (χ0) is 13.0. The first-order valence-corrected chi connectivity index (χ1v) is 6.76. The largest absolute Gasteiger partial charge is 0.342 e. The van der Waals surface area contributed by atoms with Crippen LogP contribution in [0.2, 0.25) is 5.02 Å². The summed E-state index contributed by atoms with van der Waals surface area (Å²) in [4.78, 5) is 14.1. The molecule has 1 aromatic rings. The molecule has 0 unspecified atom stereocenters. The van der Waals surface area contributed by atoms with Crippen LogP contribution in [0.5, 0.6) is 0 Å². The van der Waals surface area contributed by atoms with Crippen molar-refractivity contribution in [2.45, 2.75) is 25.3 Å². The second-order valence-corrected chi connectivity index (χ2v) is 5.18. The van der Waals surface area contributed by atoms with Crippen LogP contribution in [-0.4, -0.2) is 37.0 Å². The molecule has 1 saturated heterocycles. The minimum atomic E-state index is 0. The van der Waals surface area contributed by atoms with Gasteiger partial charge >= 0.3 is 0 Å². The SMILES string of the molecule is CNC1CCN(C(=O)Cc2ccc(Cl)cc2)CC1.Cl. The molecule has 0 bridgehead atoms. The van der Waals surface area contributed by atoms with Crippen molar-refractivity contribution in [2.75, 3.05) is 20.1 Å². The van der Waals surface area contributed by atoms with E-state index in [4.69, 9.17) is 11.6 Å². The van der Waals surface area contributed by atoms with E-state index in [1.165, 1.54) is 0 Å². The second-order valence-electron chi connectivity index (χ2n) is 4.75. The lowest BCUT2D eigenvalue weighted by Crippen LogP contribution is -2.44. The standard InChI is InChI=1S/C14H19ClN2O.ClH/c1-16-13-6-8-17(9-7-13)14(18)10-11-2-4-12(15)5-3-11;/h2-5,13,16H,6-10H2,1H3;1H. The number of hydrogen-bond acceptors (Lipinski definition) is 2. The van der Waals surface area contributed by atoms with Gasteiger partial charge in [-0.1, -0.05) is 23.7 Å². The normalized spacial score (nSPS) is 16.0. The molecule has 1 heterocycles. The quantitative estimate of drug-likeness (QED) is 0.930. The molecule has 1 aliphatic rings. The first kappa shape index (κ1) is 16.3. The summed E-state index contributed by atoms with van der Waals surface area (Å²) in [6.07, 6.45) is 2.56. The number of carbonyl (C=O) groups excluding carboxylic acids is 1. The van der Waals surface area contributed by atoms with E-state index < -0.39 is 0 Å². The van der Waals surface area contributed by atoms with Crippen molar-refractivity contribution in [3.8, 4) is 0 Å². The van der Waals surface area contributed by atoms with Crippen molar-refractivity contribution >= 4 is 29.9 Å². The number of carbonyl (C=O) groups is 1. The number of amides is 1. The van der Waals surface area contributed by atoms with Gasteiger partial charge in [-0.25, -0.2) is 0 Å². The van der Waals surface area contributed by atoms with Gasteiger partial charge in [0.1, 0.15) is 0 Å². The van der Waals surface area contributed by atoms with Gasteiger partial charge in [0.25, 0.3) is 0 Å². The molecule has 3 nitrogen and oxygen atoms in total. The van der Waals surface area contributed by atoms with Gasteiger partial charge in [0.2, 0.25) is 5.91 Å². The molecule has 1 fully saturated rings. The van der Waals surface area contributed by atoms with E-state index in [1.54, 1.807) is 0 Å². The zero-order valence-corrected chi connectivity index (χ0v) is 12.6. The molecule has 1 aromatic carbocycles. The van der Waals surface area contributed by atoms with Crippen LogP contribution in [0, 0.1) is 0 Å². The Balaban J connectivity index is 0.00000180. The molecule has 0 atom stereocenters. The van der Waals surface area contributed by atoms with E-state index in [2.05, 4.69) is 5.32 Å². The molecule has 2 rings (SSSR count). The first-order chi connectivity index (χ1) is 8.69. The smallest absolute Gasteiger partial charge is 0.226 e. The summed E-state index contributed by atoms with van der Waals surface area (Å²) >= 11 is 5.83. The van der Waals surface area contributed by atoms with Gasteiger partial charge in [-0.3, -0.25) is 4.79 Å². The van der Waals surface area contributed by atoms with Gasteiger partial charge in [0.15, 0.2) is 0 Å². The maximum Gasteiger partial charge on any atom is 0.226 e. The third kappa shape index (κ3) is 4.68. The third-order valence-electron chi connectivity index (χ3n) is 3.52. The minimum absolute atomic E-state index is 0. The number of nitrogens with one attached hydrogen (secondary N) is 1. The Hall–Kier alpha value is -0.770. The predicted octanol–water partition coefficient (Wildman–Crippen LogP) is 2.51. The van der Waals surface area contributed by atoms with Crippen LogP contribution in [0.1, 0.15) is 18.4 Å². The van der Waals surface area contributed by atoms with E-state index >= 15 is 0 Å². The molecule has 0 spiro atoms. The van der Waals surface area contributed by atoms with Crippen LogP contribution in [0.3, 0.4) is 0 Å². The van der Waals surface area contributed by atoms with Crippen molar-refractivity contribution in [3.05, 3.63) is 34.9 Å². The average Bonchev–Trinajstić information content (AvgIpc) is 2.41. The Morgan fingerprint density at radius 2 is 1.89 bits per heavy atom. The Morgan fingerprint density at radius 3 is 2.42 bits per heavy atom. The Bertz CT molecular complexity index is 400. The minimum Gasteiger partial charge on any atom is -0.342 e. The van der Waals surface area contributed by atoms with Gasteiger partial charge < -0.3 is 10.2 Å². The van der Waals surface area contributed by atoms with Gasteiger partial charge in [0, 0.05) is 24.2 Å². The molecular formula is C14H20Cl2N2O. The molecule has 1 aliphatic heterocycles. The Labute approximate surface area is 125 Å². The monoisotopic (exact) mass is 302 g/mol. The van der Waals surface area contributed by atoms with Gasteiger partial charge in [0.05, 0.1) is 6.42 Å². The van der Waals surface area contributed by atoms with Crippen LogP contribution < -0.4 is 5.32 Å². The van der Waals surface area contributed by atoms with Crippen LogP contribution in [0.15, 0.2) is 24.3 Å². The van der Waals surface area contributed by atoms with Crippen LogP contribution in [-0.2, 0) is 11.2 Å². The Kier molecular flexibility index (Phi) is 6.63. The molecule has 19 heavy (non-hydrogen) atoms. The molecule has 1 amide bonds. The number of piperidine rings is 1. The second kappa shape index (κ2) is 7.73. The zero-order valence-electron chi connectivity index (χ0n) is 11.1. The fourth-order valence-corrected chi connectivity index (χ4v) is 2.43.